The number of nitrogens with one attached hydrogen (secondary N) is 1. The molecule has 0 atom stereocenters. The van der Waals surface area contributed by atoms with Gasteiger partial charge in [0.25, 0.3) is 0 Å². The van der Waals surface area contributed by atoms with Crippen molar-refractivity contribution in [2.45, 2.75) is 39.3 Å². The zero-order valence-electron chi connectivity index (χ0n) is 21.6. The zero-order chi connectivity index (χ0) is 25.7. The van der Waals surface area contributed by atoms with E-state index < -0.39 is 0 Å². The van der Waals surface area contributed by atoms with Gasteiger partial charge in [0.05, 0.1) is 6.54 Å². The van der Waals surface area contributed by atoms with Crippen LogP contribution in [0.3, 0.4) is 0 Å². The Kier molecular flexibility index (Phi) is 6.81. The first-order valence-electron chi connectivity index (χ1n) is 13.2. The van der Waals surface area contributed by atoms with Crippen LogP contribution in [0.25, 0.3) is 33.3 Å². The van der Waals surface area contributed by atoms with Gasteiger partial charge in [-0.15, -0.1) is 10.2 Å². The van der Waals surface area contributed by atoms with Crippen molar-refractivity contribution in [1.82, 2.24) is 30.5 Å². The van der Waals surface area contributed by atoms with Gasteiger partial charge in [-0.05, 0) is 50.7 Å². The minimum atomic E-state index is 0.602. The number of aromatic amines is 1. The van der Waals surface area contributed by atoms with Crippen LogP contribution >= 0.6 is 0 Å². The fourth-order valence-electron chi connectivity index (χ4n) is 5.07. The Bertz CT molecular complexity index is 1540. The monoisotopic (exact) mass is 501 g/mol. The molecule has 1 aromatic heterocycles. The number of H-pyrrole nitrogens is 1. The van der Waals surface area contributed by atoms with Crippen LogP contribution in [0.1, 0.15) is 37.3 Å². The third-order valence-electron chi connectivity index (χ3n) is 7.04. The summed E-state index contributed by atoms with van der Waals surface area (Å²) in [5, 5.41) is 24.4. The number of rotatable bonds is 9. The highest BCUT2D eigenvalue weighted by molar-refractivity contribution is 5.84. The van der Waals surface area contributed by atoms with Gasteiger partial charge in [0, 0.05) is 18.5 Å². The topological polar surface area (TPSA) is 73.3 Å². The van der Waals surface area contributed by atoms with Crippen molar-refractivity contribution in [2.24, 2.45) is 5.10 Å². The number of benzene rings is 4. The fraction of sp³-hybridized carbons (Fsp3) is 0.226. The maximum Gasteiger partial charge on any atom is 0.205 e. The molecule has 38 heavy (non-hydrogen) atoms. The van der Waals surface area contributed by atoms with E-state index in [9.17, 15) is 0 Å². The van der Waals surface area contributed by atoms with E-state index in [0.29, 0.717) is 5.82 Å². The second kappa shape index (κ2) is 10.8. The van der Waals surface area contributed by atoms with E-state index in [-0.39, 0.29) is 0 Å². The molecule has 1 aliphatic heterocycles. The lowest BCUT2D eigenvalue weighted by Crippen LogP contribution is -2.30. The first kappa shape index (κ1) is 23.9. The van der Waals surface area contributed by atoms with Gasteiger partial charge in [-0.25, -0.2) is 0 Å². The quantitative estimate of drug-likeness (QED) is 0.251. The van der Waals surface area contributed by atoms with E-state index in [1.54, 1.807) is 0 Å². The van der Waals surface area contributed by atoms with Crippen LogP contribution in [0.5, 0.6) is 0 Å². The standard InChI is InChI=1S/C31H31N7/c1-2-3-12-30-34-38(21-24-15-16-25-8-4-5-9-27(25)19-24)22-37(30)20-23-13-17-26(18-14-23)28-10-6-7-11-29(28)31-32-35-36-33-31/h4-11,13-19H,2-3,12,20-22H2,1H3,(H,32,33,35,36). The van der Waals surface area contributed by atoms with Gasteiger partial charge in [-0.2, -0.15) is 10.3 Å². The number of hydrogen-bond acceptors (Lipinski definition) is 6. The molecule has 6 rings (SSSR count). The number of nitrogens with zero attached hydrogens (tertiary/aromatic N) is 6. The molecule has 1 aliphatic rings. The van der Waals surface area contributed by atoms with Gasteiger partial charge in [0.15, 0.2) is 0 Å². The van der Waals surface area contributed by atoms with E-state index in [2.05, 4.69) is 110 Å². The minimum absolute atomic E-state index is 0.602. The number of unbranched alkanes of at least 4 members (excludes halogenated alkanes) is 1. The van der Waals surface area contributed by atoms with Gasteiger partial charge in [-0.3, -0.25) is 5.01 Å². The summed E-state index contributed by atoms with van der Waals surface area (Å²) in [6, 6.07) is 32.2. The lowest BCUT2D eigenvalue weighted by molar-refractivity contribution is 0.223. The van der Waals surface area contributed by atoms with Crippen molar-refractivity contribution in [1.29, 1.82) is 0 Å². The third-order valence-corrected chi connectivity index (χ3v) is 7.04. The Morgan fingerprint density at radius 2 is 1.55 bits per heavy atom. The Labute approximate surface area is 222 Å². The average Bonchev–Trinajstić information content (AvgIpc) is 3.63. The van der Waals surface area contributed by atoms with Crippen LogP contribution in [0.4, 0.5) is 0 Å². The van der Waals surface area contributed by atoms with Crippen molar-refractivity contribution in [2.75, 3.05) is 6.67 Å². The lowest BCUT2D eigenvalue weighted by atomic mass is 9.98. The summed E-state index contributed by atoms with van der Waals surface area (Å²) in [6.07, 6.45) is 3.30. The van der Waals surface area contributed by atoms with Crippen LogP contribution in [0.15, 0.2) is 96.1 Å². The molecule has 0 amide bonds. The van der Waals surface area contributed by atoms with Crippen LogP contribution in [0.2, 0.25) is 0 Å². The molecule has 4 aromatic carbocycles. The molecule has 190 valence electrons. The second-order valence-corrected chi connectivity index (χ2v) is 9.78. The number of amidine groups is 1. The maximum absolute atomic E-state index is 5.04. The highest BCUT2D eigenvalue weighted by Crippen LogP contribution is 2.30. The molecule has 0 aliphatic carbocycles. The summed E-state index contributed by atoms with van der Waals surface area (Å²) in [5.74, 6) is 1.78. The normalized spacial score (nSPS) is 13.3. The average molecular weight is 502 g/mol. The highest BCUT2D eigenvalue weighted by atomic mass is 15.6. The van der Waals surface area contributed by atoms with Crippen LogP contribution in [-0.2, 0) is 13.1 Å². The number of tetrazole rings is 1. The molecule has 0 spiro atoms. The van der Waals surface area contributed by atoms with E-state index in [1.165, 1.54) is 27.7 Å². The maximum atomic E-state index is 5.04. The summed E-state index contributed by atoms with van der Waals surface area (Å²) < 4.78 is 0. The Morgan fingerprint density at radius 3 is 2.34 bits per heavy atom. The van der Waals surface area contributed by atoms with Crippen molar-refractivity contribution < 1.29 is 0 Å². The van der Waals surface area contributed by atoms with E-state index >= 15 is 0 Å². The summed E-state index contributed by atoms with van der Waals surface area (Å²) in [4.78, 5) is 2.42. The molecule has 2 heterocycles. The number of hydrogen-bond donors (Lipinski definition) is 1. The molecule has 0 radical (unpaired) electrons. The SMILES string of the molecule is CCCCC1=NN(Cc2ccc3ccccc3c2)CN1Cc1ccc(-c2ccccc2-c2nn[nH]n2)cc1. The predicted octanol–water partition coefficient (Wildman–Crippen LogP) is 6.47. The van der Waals surface area contributed by atoms with Gasteiger partial charge >= 0.3 is 0 Å². The molecule has 7 heteroatoms. The van der Waals surface area contributed by atoms with E-state index in [0.717, 1.165) is 55.7 Å². The largest absolute Gasteiger partial charge is 0.335 e. The van der Waals surface area contributed by atoms with Gasteiger partial charge in [-0.1, -0.05) is 98.3 Å². The summed E-state index contributed by atoms with van der Waals surface area (Å²) in [7, 11) is 0. The first-order chi connectivity index (χ1) is 18.8. The fourth-order valence-corrected chi connectivity index (χ4v) is 5.07. The molecular formula is C31H31N7. The van der Waals surface area contributed by atoms with Crippen molar-refractivity contribution in [3.05, 3.63) is 102 Å². The van der Waals surface area contributed by atoms with Gasteiger partial charge in [0.2, 0.25) is 5.82 Å². The van der Waals surface area contributed by atoms with Crippen LogP contribution < -0.4 is 0 Å². The zero-order valence-corrected chi connectivity index (χ0v) is 21.6. The van der Waals surface area contributed by atoms with Crippen molar-refractivity contribution in [3.8, 4) is 22.5 Å². The molecule has 5 aromatic rings. The Balaban J connectivity index is 1.18. The van der Waals surface area contributed by atoms with Crippen LogP contribution in [-0.4, -0.2) is 43.0 Å². The molecule has 0 saturated carbocycles. The Hall–Kier alpha value is -4.52. The van der Waals surface area contributed by atoms with Crippen molar-refractivity contribution >= 4 is 16.6 Å². The Morgan fingerprint density at radius 1 is 0.789 bits per heavy atom. The number of hydrazone groups is 1. The summed E-state index contributed by atoms with van der Waals surface area (Å²) in [6.45, 7) is 4.68. The van der Waals surface area contributed by atoms with Gasteiger partial charge in [0.1, 0.15) is 12.5 Å². The molecular weight excluding hydrogens is 470 g/mol. The molecule has 0 saturated heterocycles. The molecule has 1 N–H and O–H groups in total. The van der Waals surface area contributed by atoms with E-state index in [4.69, 9.17) is 5.10 Å². The predicted molar refractivity (Wildman–Crippen MR) is 152 cm³/mol. The smallest absolute Gasteiger partial charge is 0.205 e. The van der Waals surface area contributed by atoms with Gasteiger partial charge < -0.3 is 4.90 Å². The van der Waals surface area contributed by atoms with Crippen LogP contribution in [0, 0.1) is 0 Å². The van der Waals surface area contributed by atoms with Crippen molar-refractivity contribution in [3.63, 3.8) is 0 Å². The van der Waals surface area contributed by atoms with E-state index in [1.807, 2.05) is 18.2 Å². The minimum Gasteiger partial charge on any atom is -0.335 e. The molecule has 7 nitrogen and oxygen atoms in total. The summed E-state index contributed by atoms with van der Waals surface area (Å²) >= 11 is 0. The third kappa shape index (κ3) is 5.13. The number of fused-ring (bicyclic) bond motifs is 1. The molecule has 0 fully saturated rings. The second-order valence-electron chi connectivity index (χ2n) is 9.78. The lowest BCUT2D eigenvalue weighted by Gasteiger charge is -2.22. The summed E-state index contributed by atoms with van der Waals surface area (Å²) in [5.41, 5.74) is 5.74. The molecule has 0 unspecified atom stereocenters. The highest BCUT2D eigenvalue weighted by Gasteiger charge is 2.23. The first-order valence-corrected chi connectivity index (χ1v) is 13.2. The molecule has 0 bridgehead atoms. The number of aromatic nitrogens is 4.